The molecule has 1 aliphatic rings. The van der Waals surface area contributed by atoms with Gasteiger partial charge in [-0.2, -0.15) is 0 Å². The van der Waals surface area contributed by atoms with Crippen LogP contribution in [0.3, 0.4) is 0 Å². The number of aliphatic imine (C=N–C) groups is 1. The molecule has 29 heavy (non-hydrogen) atoms. The molecule has 2 N–H and O–H groups in total. The molecule has 7 heteroatoms. The Bertz CT molecular complexity index is 577. The van der Waals surface area contributed by atoms with E-state index in [2.05, 4.69) is 28.6 Å². The third-order valence-corrected chi connectivity index (χ3v) is 4.51. The van der Waals surface area contributed by atoms with Gasteiger partial charge in [0.1, 0.15) is 5.75 Å². The Morgan fingerprint density at radius 2 is 2.14 bits per heavy atom. The molecule has 1 aromatic carbocycles. The van der Waals surface area contributed by atoms with Crippen LogP contribution in [0.25, 0.3) is 0 Å². The van der Waals surface area contributed by atoms with Crippen molar-refractivity contribution in [3.05, 3.63) is 29.8 Å². The largest absolute Gasteiger partial charge is 0.493 e. The molecule has 0 bridgehead atoms. The third-order valence-electron chi connectivity index (χ3n) is 4.51. The number of guanidine groups is 1. The fourth-order valence-corrected chi connectivity index (χ4v) is 3.01. The van der Waals surface area contributed by atoms with Gasteiger partial charge < -0.3 is 29.6 Å². The second-order valence-corrected chi connectivity index (χ2v) is 7.03. The van der Waals surface area contributed by atoms with Gasteiger partial charge in [0.15, 0.2) is 5.96 Å². The highest BCUT2D eigenvalue weighted by Gasteiger charge is 2.14. The maximum absolute atomic E-state index is 5.76. The summed E-state index contributed by atoms with van der Waals surface area (Å²) < 4.78 is 22.1. The molecule has 1 aromatic rings. The lowest BCUT2D eigenvalue weighted by atomic mass is 10.2. The van der Waals surface area contributed by atoms with Crippen molar-refractivity contribution < 1.29 is 18.9 Å². The van der Waals surface area contributed by atoms with E-state index < -0.39 is 0 Å². The van der Waals surface area contributed by atoms with Crippen LogP contribution >= 0.6 is 0 Å². The predicted molar refractivity (Wildman–Crippen MR) is 116 cm³/mol. The number of benzene rings is 1. The molecule has 0 aromatic heterocycles. The van der Waals surface area contributed by atoms with E-state index in [4.69, 9.17) is 18.9 Å². The van der Waals surface area contributed by atoms with E-state index >= 15 is 0 Å². The highest BCUT2D eigenvalue weighted by molar-refractivity contribution is 5.79. The summed E-state index contributed by atoms with van der Waals surface area (Å²) in [5.41, 5.74) is 1.12. The number of hydrogen-bond acceptors (Lipinski definition) is 5. The second-order valence-electron chi connectivity index (χ2n) is 7.03. The lowest BCUT2D eigenvalue weighted by Crippen LogP contribution is -2.38. The summed E-state index contributed by atoms with van der Waals surface area (Å²) in [6.45, 7) is 7.98. The van der Waals surface area contributed by atoms with Crippen molar-refractivity contribution in [2.75, 3.05) is 53.2 Å². The van der Waals surface area contributed by atoms with Gasteiger partial charge in [-0.1, -0.05) is 12.1 Å². The van der Waals surface area contributed by atoms with E-state index in [1.807, 2.05) is 18.2 Å². The highest BCUT2D eigenvalue weighted by Crippen LogP contribution is 2.14. The van der Waals surface area contributed by atoms with Gasteiger partial charge in [-0.3, -0.25) is 0 Å². The summed E-state index contributed by atoms with van der Waals surface area (Å²) in [6, 6.07) is 8.08. The van der Waals surface area contributed by atoms with E-state index in [1.165, 1.54) is 0 Å². The Morgan fingerprint density at radius 3 is 2.93 bits per heavy atom. The monoisotopic (exact) mass is 407 g/mol. The van der Waals surface area contributed by atoms with Crippen LogP contribution in [0.5, 0.6) is 5.75 Å². The third kappa shape index (κ3) is 10.5. The summed E-state index contributed by atoms with van der Waals surface area (Å²) in [5, 5.41) is 6.65. The first-order valence-corrected chi connectivity index (χ1v) is 10.7. The molecule has 1 atom stereocenters. The first-order chi connectivity index (χ1) is 14.3. The molecular weight excluding hydrogens is 370 g/mol. The van der Waals surface area contributed by atoms with E-state index in [0.29, 0.717) is 32.5 Å². The topological polar surface area (TPSA) is 73.3 Å². The summed E-state index contributed by atoms with van der Waals surface area (Å²) in [6.07, 6.45) is 4.38. The molecule has 1 heterocycles. The standard InChI is InChI=1S/C22H37N3O4/c1-3-23-22(24-11-6-13-27-18-21-10-5-14-29-21)25-17-19-8-4-9-20(16-19)28-15-7-12-26-2/h4,8-9,16,21H,3,5-7,10-15,17-18H2,1-2H3,(H2,23,24,25). The molecular formula is C22H37N3O4. The summed E-state index contributed by atoms with van der Waals surface area (Å²) in [7, 11) is 1.70. The van der Waals surface area contributed by atoms with Crippen LogP contribution in [-0.4, -0.2) is 65.3 Å². The molecule has 0 radical (unpaired) electrons. The number of methoxy groups -OCH3 is 1. The van der Waals surface area contributed by atoms with Gasteiger partial charge >= 0.3 is 0 Å². The lowest BCUT2D eigenvalue weighted by Gasteiger charge is -2.13. The Hall–Kier alpha value is -1.83. The van der Waals surface area contributed by atoms with Gasteiger partial charge in [-0.25, -0.2) is 4.99 Å². The zero-order valence-electron chi connectivity index (χ0n) is 18.0. The predicted octanol–water partition coefficient (Wildman–Crippen LogP) is 2.74. The van der Waals surface area contributed by atoms with E-state index in [-0.39, 0.29) is 0 Å². The van der Waals surface area contributed by atoms with E-state index in [0.717, 1.165) is 69.3 Å². The second kappa shape index (κ2) is 15.1. The number of nitrogens with zero attached hydrogens (tertiary/aromatic N) is 1. The molecule has 1 fully saturated rings. The Kier molecular flexibility index (Phi) is 12.2. The van der Waals surface area contributed by atoms with Crippen molar-refractivity contribution in [2.24, 2.45) is 4.99 Å². The first kappa shape index (κ1) is 23.4. The molecule has 0 amide bonds. The molecule has 7 nitrogen and oxygen atoms in total. The van der Waals surface area contributed by atoms with E-state index in [1.54, 1.807) is 7.11 Å². The summed E-state index contributed by atoms with van der Waals surface area (Å²) in [5.74, 6) is 1.69. The van der Waals surface area contributed by atoms with Crippen molar-refractivity contribution in [1.29, 1.82) is 0 Å². The van der Waals surface area contributed by atoms with Crippen LogP contribution in [0.2, 0.25) is 0 Å². The molecule has 1 aliphatic heterocycles. The number of nitrogens with one attached hydrogen (secondary N) is 2. The number of ether oxygens (including phenoxy) is 4. The minimum atomic E-state index is 0.293. The summed E-state index contributed by atoms with van der Waals surface area (Å²) >= 11 is 0. The molecule has 0 spiro atoms. The quantitative estimate of drug-likeness (QED) is 0.281. The first-order valence-electron chi connectivity index (χ1n) is 10.7. The lowest BCUT2D eigenvalue weighted by molar-refractivity contribution is 0.0168. The van der Waals surface area contributed by atoms with Crippen LogP contribution in [0.1, 0.15) is 38.2 Å². The SMILES string of the molecule is CCNC(=NCc1cccc(OCCCOC)c1)NCCCOCC1CCCO1. The summed E-state index contributed by atoms with van der Waals surface area (Å²) in [4.78, 5) is 4.67. The zero-order chi connectivity index (χ0) is 20.6. The van der Waals surface area contributed by atoms with Crippen LogP contribution in [-0.2, 0) is 20.8 Å². The molecule has 0 aliphatic carbocycles. The van der Waals surface area contributed by atoms with Crippen molar-refractivity contribution in [1.82, 2.24) is 10.6 Å². The van der Waals surface area contributed by atoms with Crippen LogP contribution < -0.4 is 15.4 Å². The van der Waals surface area contributed by atoms with Crippen LogP contribution in [0, 0.1) is 0 Å². The van der Waals surface area contributed by atoms with Gasteiger partial charge in [-0.15, -0.1) is 0 Å². The fraction of sp³-hybridized carbons (Fsp3) is 0.682. The van der Waals surface area contributed by atoms with E-state index in [9.17, 15) is 0 Å². The normalized spacial score (nSPS) is 16.8. The highest BCUT2D eigenvalue weighted by atomic mass is 16.5. The van der Waals surface area contributed by atoms with Crippen molar-refractivity contribution in [3.63, 3.8) is 0 Å². The molecule has 1 saturated heterocycles. The fourth-order valence-electron chi connectivity index (χ4n) is 3.01. The average Bonchev–Trinajstić information content (AvgIpc) is 3.26. The Morgan fingerprint density at radius 1 is 1.21 bits per heavy atom. The maximum Gasteiger partial charge on any atom is 0.191 e. The van der Waals surface area contributed by atoms with Gasteiger partial charge in [0, 0.05) is 46.4 Å². The zero-order valence-corrected chi connectivity index (χ0v) is 18.0. The van der Waals surface area contributed by atoms with Crippen molar-refractivity contribution in [2.45, 2.75) is 45.3 Å². The van der Waals surface area contributed by atoms with Crippen molar-refractivity contribution in [3.8, 4) is 5.75 Å². The smallest absolute Gasteiger partial charge is 0.191 e. The maximum atomic E-state index is 5.76. The minimum absolute atomic E-state index is 0.293. The van der Waals surface area contributed by atoms with Crippen LogP contribution in [0.15, 0.2) is 29.3 Å². The van der Waals surface area contributed by atoms with Gasteiger partial charge in [0.05, 0.1) is 25.9 Å². The van der Waals surface area contributed by atoms with Gasteiger partial charge in [0.2, 0.25) is 0 Å². The Labute approximate surface area is 175 Å². The van der Waals surface area contributed by atoms with Gasteiger partial charge in [-0.05, 0) is 43.9 Å². The minimum Gasteiger partial charge on any atom is -0.493 e. The number of hydrogen-bond donors (Lipinski definition) is 2. The van der Waals surface area contributed by atoms with Gasteiger partial charge in [0.25, 0.3) is 0 Å². The Balaban J connectivity index is 1.67. The molecule has 164 valence electrons. The molecule has 1 unspecified atom stereocenters. The molecule has 2 rings (SSSR count). The molecule has 0 saturated carbocycles. The number of rotatable bonds is 14. The van der Waals surface area contributed by atoms with Crippen LogP contribution in [0.4, 0.5) is 0 Å². The van der Waals surface area contributed by atoms with Crippen molar-refractivity contribution >= 4 is 5.96 Å². The average molecular weight is 408 g/mol.